The molecule has 4 rings (SSSR count). The maximum atomic E-state index is 11.9. The molecular formula is C22H21N2O4+. The zero-order valence-corrected chi connectivity index (χ0v) is 15.6. The minimum absolute atomic E-state index is 0.134. The number of aromatic carboxylic acids is 1. The number of allylic oxidation sites excluding steroid dienone is 3. The molecule has 0 amide bonds. The molecule has 3 N–H and O–H groups in total. The predicted molar refractivity (Wildman–Crippen MR) is 105 cm³/mol. The molecule has 0 spiro atoms. The Morgan fingerprint density at radius 3 is 2.71 bits per heavy atom. The summed E-state index contributed by atoms with van der Waals surface area (Å²) in [6.07, 6.45) is 5.84. The van der Waals surface area contributed by atoms with Gasteiger partial charge in [-0.3, -0.25) is 0 Å². The van der Waals surface area contributed by atoms with E-state index >= 15 is 0 Å². The summed E-state index contributed by atoms with van der Waals surface area (Å²) in [6, 6.07) is 12.7. The zero-order valence-electron chi connectivity index (χ0n) is 15.6. The van der Waals surface area contributed by atoms with Gasteiger partial charge in [-0.1, -0.05) is 30.3 Å². The highest BCUT2D eigenvalue weighted by atomic mass is 16.5. The van der Waals surface area contributed by atoms with Crippen molar-refractivity contribution in [1.29, 1.82) is 0 Å². The van der Waals surface area contributed by atoms with Crippen LogP contribution in [0.15, 0.2) is 66.5 Å². The fourth-order valence-electron chi connectivity index (χ4n) is 3.81. The van der Waals surface area contributed by atoms with Crippen molar-refractivity contribution in [2.45, 2.75) is 5.92 Å². The third kappa shape index (κ3) is 2.93. The van der Waals surface area contributed by atoms with Gasteiger partial charge in [0.05, 0.1) is 18.7 Å². The Hall–Kier alpha value is -3.54. The third-order valence-electron chi connectivity index (χ3n) is 5.17. The summed E-state index contributed by atoms with van der Waals surface area (Å²) < 4.78 is 13.0. The predicted octanol–water partition coefficient (Wildman–Crippen LogP) is 2.94. The Labute approximate surface area is 162 Å². The van der Waals surface area contributed by atoms with E-state index in [1.807, 2.05) is 48.6 Å². The van der Waals surface area contributed by atoms with Gasteiger partial charge in [-0.05, 0) is 17.7 Å². The van der Waals surface area contributed by atoms with Crippen LogP contribution in [0.1, 0.15) is 27.4 Å². The first-order valence-electron chi connectivity index (χ1n) is 8.92. The topological polar surface area (TPSA) is 84.8 Å². The molecule has 0 bridgehead atoms. The second-order valence-corrected chi connectivity index (χ2v) is 6.84. The van der Waals surface area contributed by atoms with Gasteiger partial charge in [0, 0.05) is 29.5 Å². The maximum Gasteiger partial charge on any atom is 0.335 e. The molecule has 0 fully saturated rings. The molecule has 1 aliphatic carbocycles. The maximum absolute atomic E-state index is 11.9. The third-order valence-corrected chi connectivity index (χ3v) is 5.17. The fourth-order valence-corrected chi connectivity index (χ4v) is 3.81. The Balaban J connectivity index is 1.95. The van der Waals surface area contributed by atoms with E-state index in [-0.39, 0.29) is 17.4 Å². The summed E-state index contributed by atoms with van der Waals surface area (Å²) in [7, 11) is 3.36. The van der Waals surface area contributed by atoms with E-state index in [0.29, 0.717) is 11.5 Å². The second kappa shape index (κ2) is 6.88. The lowest BCUT2D eigenvalue weighted by Crippen LogP contribution is -2.30. The summed E-state index contributed by atoms with van der Waals surface area (Å²) in [5.41, 5.74) is 2.76. The molecule has 2 aromatic rings. The van der Waals surface area contributed by atoms with Gasteiger partial charge in [0.25, 0.3) is 0 Å². The highest BCUT2D eigenvalue weighted by Gasteiger charge is 2.38. The summed E-state index contributed by atoms with van der Waals surface area (Å²) in [6.45, 7) is 0. The quantitative estimate of drug-likeness (QED) is 0.488. The van der Waals surface area contributed by atoms with Crippen molar-refractivity contribution in [2.24, 2.45) is 11.8 Å². The first-order chi connectivity index (χ1) is 13.5. The Morgan fingerprint density at radius 2 is 2.00 bits per heavy atom. The normalized spacial score (nSPS) is 21.7. The molecule has 1 heterocycles. The van der Waals surface area contributed by atoms with Crippen LogP contribution < -0.4 is 15.3 Å². The lowest BCUT2D eigenvalue weighted by molar-refractivity contribution is -0.507. The molecule has 2 aromatic carbocycles. The van der Waals surface area contributed by atoms with Crippen molar-refractivity contribution in [3.8, 4) is 11.5 Å². The number of carboxylic acids is 1. The van der Waals surface area contributed by atoms with E-state index in [1.54, 1.807) is 26.3 Å². The number of hydrogen-bond acceptors (Lipinski definition) is 4. The average Bonchev–Trinajstić information content (AvgIpc) is 2.70. The van der Waals surface area contributed by atoms with Crippen LogP contribution in [0.2, 0.25) is 0 Å². The lowest BCUT2D eigenvalue weighted by atomic mass is 9.74. The number of carboxylic acid groups (broad SMARTS) is 1. The van der Waals surface area contributed by atoms with Crippen LogP contribution in [-0.2, 0) is 0 Å². The Bertz CT molecular complexity index is 1050. The van der Waals surface area contributed by atoms with Crippen LogP contribution in [-0.4, -0.2) is 35.6 Å². The Morgan fingerprint density at radius 1 is 1.21 bits per heavy atom. The van der Waals surface area contributed by atoms with Crippen molar-refractivity contribution >= 4 is 11.7 Å². The van der Waals surface area contributed by atoms with E-state index in [2.05, 4.69) is 0 Å². The number of nitrogens with zero attached hydrogens (tertiary/aromatic N) is 1. The number of ether oxygens (including phenoxy) is 2. The van der Waals surface area contributed by atoms with Gasteiger partial charge in [0.2, 0.25) is 5.71 Å². The Kier molecular flexibility index (Phi) is 4.39. The van der Waals surface area contributed by atoms with Crippen LogP contribution in [0, 0.1) is 5.92 Å². The first-order valence-corrected chi connectivity index (χ1v) is 8.92. The van der Waals surface area contributed by atoms with Gasteiger partial charge in [0.1, 0.15) is 17.3 Å². The molecule has 0 radical (unpaired) electrons. The second-order valence-electron chi connectivity index (χ2n) is 6.84. The molecule has 2 aliphatic rings. The number of fused-ring (bicyclic) bond motifs is 2. The van der Waals surface area contributed by atoms with E-state index in [0.717, 1.165) is 22.6 Å². The van der Waals surface area contributed by atoms with E-state index in [9.17, 15) is 9.90 Å². The lowest BCUT2D eigenvalue weighted by Gasteiger charge is -2.35. The number of hydrazine groups is 1. The molecule has 6 heteroatoms. The summed E-state index contributed by atoms with van der Waals surface area (Å²) in [5, 5.41) is 9.73. The zero-order chi connectivity index (χ0) is 19.8. The molecule has 142 valence electrons. The van der Waals surface area contributed by atoms with Crippen LogP contribution in [0.25, 0.3) is 0 Å². The molecule has 2 atom stereocenters. The largest absolute Gasteiger partial charge is 0.497 e. The highest BCUT2D eigenvalue weighted by Crippen LogP contribution is 2.48. The minimum atomic E-state index is -0.948. The van der Waals surface area contributed by atoms with Crippen LogP contribution in [0.3, 0.4) is 0 Å². The van der Waals surface area contributed by atoms with Crippen molar-refractivity contribution < 1.29 is 24.1 Å². The molecule has 28 heavy (non-hydrogen) atoms. The fraction of sp³-hybridized carbons (Fsp3) is 0.182. The number of methoxy groups -OCH3 is 1. The molecule has 1 aliphatic heterocycles. The van der Waals surface area contributed by atoms with Gasteiger partial charge in [0.15, 0.2) is 7.05 Å². The summed E-state index contributed by atoms with van der Waals surface area (Å²) >= 11 is 0. The van der Waals surface area contributed by atoms with Crippen molar-refractivity contribution in [2.75, 3.05) is 14.2 Å². The SMILES string of the molecule is COc1ccc2c(c1)OC1=C/C(=[N+](\C)N)C=CC1C2c1ccccc1C(=O)O. The number of nitrogens with two attached hydrogens (primary N) is 1. The smallest absolute Gasteiger partial charge is 0.335 e. The number of rotatable bonds is 3. The van der Waals surface area contributed by atoms with Gasteiger partial charge in [-0.25, -0.2) is 10.6 Å². The highest BCUT2D eigenvalue weighted by molar-refractivity contribution is 6.01. The van der Waals surface area contributed by atoms with Crippen LogP contribution in [0.5, 0.6) is 11.5 Å². The van der Waals surface area contributed by atoms with E-state index in [1.165, 1.54) is 4.68 Å². The van der Waals surface area contributed by atoms with Crippen molar-refractivity contribution in [3.63, 3.8) is 0 Å². The number of hydrogen-bond donors (Lipinski definition) is 2. The summed E-state index contributed by atoms with van der Waals surface area (Å²) in [5.74, 6) is 6.66. The monoisotopic (exact) mass is 377 g/mol. The van der Waals surface area contributed by atoms with Crippen molar-refractivity contribution in [1.82, 2.24) is 0 Å². The average molecular weight is 377 g/mol. The van der Waals surface area contributed by atoms with Crippen LogP contribution >= 0.6 is 0 Å². The minimum Gasteiger partial charge on any atom is -0.497 e. The van der Waals surface area contributed by atoms with E-state index in [4.69, 9.17) is 15.3 Å². The van der Waals surface area contributed by atoms with Crippen molar-refractivity contribution in [3.05, 3.63) is 83.1 Å². The number of benzene rings is 2. The molecule has 0 saturated carbocycles. The number of carbonyl (C=O) groups is 1. The van der Waals surface area contributed by atoms with E-state index < -0.39 is 5.97 Å². The molecule has 0 saturated heterocycles. The van der Waals surface area contributed by atoms with Gasteiger partial charge in [-0.2, -0.15) is 0 Å². The molecular weight excluding hydrogens is 356 g/mol. The standard InChI is InChI=1S/C22H20N2O4/c1-24(23)13-7-9-17-19(11-13)28-20-12-14(27-2)8-10-18(20)21(17)15-5-3-4-6-16(15)22(25)26/h3-12,17,21H,23H2,1-2H3/p+1/b24-13+. The van der Waals surface area contributed by atoms with Crippen LogP contribution in [0.4, 0.5) is 0 Å². The molecule has 6 nitrogen and oxygen atoms in total. The van der Waals surface area contributed by atoms with Gasteiger partial charge < -0.3 is 14.6 Å². The molecule has 0 aromatic heterocycles. The number of hydrazone groups is 1. The van der Waals surface area contributed by atoms with Gasteiger partial charge >= 0.3 is 5.97 Å². The summed E-state index contributed by atoms with van der Waals surface area (Å²) in [4.78, 5) is 11.9. The molecule has 2 unspecified atom stereocenters. The van der Waals surface area contributed by atoms with Gasteiger partial charge in [-0.15, -0.1) is 4.68 Å². The first kappa shape index (κ1) is 17.9.